The van der Waals surface area contributed by atoms with Gasteiger partial charge in [-0.25, -0.2) is 0 Å². The fourth-order valence-electron chi connectivity index (χ4n) is 2.42. The topological polar surface area (TPSA) is 61.8 Å². The predicted octanol–water partition coefficient (Wildman–Crippen LogP) is 4.23. The lowest BCUT2D eigenvalue weighted by molar-refractivity contribution is -0.146. The molecule has 0 radical (unpaired) electrons. The highest BCUT2D eigenvalue weighted by Crippen LogP contribution is 2.32. The summed E-state index contributed by atoms with van der Waals surface area (Å²) in [6.07, 6.45) is 0.685. The van der Waals surface area contributed by atoms with Crippen molar-refractivity contribution in [1.29, 1.82) is 0 Å². The minimum atomic E-state index is -0.190. The van der Waals surface area contributed by atoms with E-state index < -0.39 is 0 Å². The number of esters is 2. The molecule has 0 saturated carbocycles. The summed E-state index contributed by atoms with van der Waals surface area (Å²) in [4.78, 5) is 23.7. The minimum Gasteiger partial charge on any atom is -0.466 e. The van der Waals surface area contributed by atoms with Gasteiger partial charge >= 0.3 is 11.9 Å². The van der Waals surface area contributed by atoms with Gasteiger partial charge in [-0.05, 0) is 36.5 Å². The molecule has 5 heteroatoms. The lowest BCUT2D eigenvalue weighted by atomic mass is 9.78. The summed E-state index contributed by atoms with van der Waals surface area (Å²) in [5.41, 5.74) is -0.129. The van der Waals surface area contributed by atoms with Gasteiger partial charge in [-0.15, -0.1) is 0 Å². The van der Waals surface area contributed by atoms with Crippen molar-refractivity contribution in [2.75, 3.05) is 26.4 Å². The first kappa shape index (κ1) is 23.9. The van der Waals surface area contributed by atoms with Crippen molar-refractivity contribution in [2.45, 2.75) is 68.2 Å². The highest BCUT2D eigenvalue weighted by Gasteiger charge is 2.31. The van der Waals surface area contributed by atoms with Gasteiger partial charge in [0, 0.05) is 0 Å². The standard InChI is InChI=1S/C20H38O5/c1-9-24-17(21)11-15(19(3,4)5)13-23-14-16(20(6,7)8)12-18(22)25-10-2/h15-16H,9-14H2,1-8H3. The van der Waals surface area contributed by atoms with Crippen LogP contribution in [0, 0.1) is 22.7 Å². The first-order chi connectivity index (χ1) is 11.4. The molecule has 0 fully saturated rings. The second kappa shape index (κ2) is 10.8. The summed E-state index contributed by atoms with van der Waals surface area (Å²) in [5.74, 6) is -0.251. The van der Waals surface area contributed by atoms with Gasteiger partial charge in [-0.1, -0.05) is 41.5 Å². The van der Waals surface area contributed by atoms with Crippen molar-refractivity contribution in [3.63, 3.8) is 0 Å². The molecule has 0 amide bonds. The fourth-order valence-corrected chi connectivity index (χ4v) is 2.42. The summed E-state index contributed by atoms with van der Waals surface area (Å²) in [7, 11) is 0. The molecule has 0 aromatic heterocycles. The van der Waals surface area contributed by atoms with Crippen LogP contribution >= 0.6 is 0 Å². The Labute approximate surface area is 153 Å². The molecule has 25 heavy (non-hydrogen) atoms. The Kier molecular flexibility index (Phi) is 10.3. The highest BCUT2D eigenvalue weighted by atomic mass is 16.5. The number of carbonyl (C=O) groups excluding carboxylic acids is 2. The summed E-state index contributed by atoms with van der Waals surface area (Å²) in [6.45, 7) is 17.9. The van der Waals surface area contributed by atoms with Crippen LogP contribution in [0.4, 0.5) is 0 Å². The quantitative estimate of drug-likeness (QED) is 0.547. The molecule has 0 aliphatic carbocycles. The van der Waals surface area contributed by atoms with Crippen molar-refractivity contribution >= 4 is 11.9 Å². The maximum absolute atomic E-state index is 11.8. The van der Waals surface area contributed by atoms with E-state index in [1.807, 2.05) is 13.8 Å². The molecule has 0 aliphatic heterocycles. The van der Waals surface area contributed by atoms with Crippen LogP contribution < -0.4 is 0 Å². The average molecular weight is 359 g/mol. The SMILES string of the molecule is CCOC(=O)CC(COCC(CC(=O)OCC)C(C)(C)C)C(C)(C)C. The maximum atomic E-state index is 11.8. The molecule has 0 spiro atoms. The molecular formula is C20H38O5. The molecule has 0 rings (SSSR count). The smallest absolute Gasteiger partial charge is 0.306 e. The number of carbonyl (C=O) groups is 2. The van der Waals surface area contributed by atoms with E-state index in [0.29, 0.717) is 39.3 Å². The van der Waals surface area contributed by atoms with E-state index in [0.717, 1.165) is 0 Å². The largest absolute Gasteiger partial charge is 0.466 e. The van der Waals surface area contributed by atoms with Crippen molar-refractivity contribution < 1.29 is 23.8 Å². The third kappa shape index (κ3) is 10.5. The first-order valence-electron chi connectivity index (χ1n) is 9.30. The molecule has 0 aromatic rings. The molecule has 5 nitrogen and oxygen atoms in total. The van der Waals surface area contributed by atoms with Crippen LogP contribution in [0.3, 0.4) is 0 Å². The van der Waals surface area contributed by atoms with Crippen LogP contribution in [-0.2, 0) is 23.8 Å². The van der Waals surface area contributed by atoms with Crippen molar-refractivity contribution in [1.82, 2.24) is 0 Å². The zero-order chi connectivity index (χ0) is 19.7. The van der Waals surface area contributed by atoms with Crippen LogP contribution in [0.1, 0.15) is 68.2 Å². The molecule has 0 bridgehead atoms. The van der Waals surface area contributed by atoms with Gasteiger partial charge in [0.05, 0.1) is 39.3 Å². The lowest BCUT2D eigenvalue weighted by Crippen LogP contribution is -2.32. The lowest BCUT2D eigenvalue weighted by Gasteiger charge is -2.33. The van der Waals surface area contributed by atoms with Gasteiger partial charge in [0.15, 0.2) is 0 Å². The fraction of sp³-hybridized carbons (Fsp3) is 0.900. The number of rotatable bonds is 10. The zero-order valence-corrected chi connectivity index (χ0v) is 17.4. The first-order valence-corrected chi connectivity index (χ1v) is 9.30. The van der Waals surface area contributed by atoms with Gasteiger partial charge < -0.3 is 14.2 Å². The van der Waals surface area contributed by atoms with Crippen LogP contribution in [0.15, 0.2) is 0 Å². The number of hydrogen-bond acceptors (Lipinski definition) is 5. The molecule has 2 atom stereocenters. The predicted molar refractivity (Wildman–Crippen MR) is 99.2 cm³/mol. The van der Waals surface area contributed by atoms with Crippen LogP contribution in [0.2, 0.25) is 0 Å². The molecule has 0 aliphatic rings. The van der Waals surface area contributed by atoms with E-state index in [1.165, 1.54) is 0 Å². The van der Waals surface area contributed by atoms with E-state index in [9.17, 15) is 9.59 Å². The number of ether oxygens (including phenoxy) is 3. The van der Waals surface area contributed by atoms with Crippen LogP contribution in [0.5, 0.6) is 0 Å². The van der Waals surface area contributed by atoms with Gasteiger partial charge in [0.2, 0.25) is 0 Å². The average Bonchev–Trinajstić information content (AvgIpc) is 2.43. The summed E-state index contributed by atoms with van der Waals surface area (Å²) in [6, 6.07) is 0. The summed E-state index contributed by atoms with van der Waals surface area (Å²) in [5, 5.41) is 0. The Bertz CT molecular complexity index is 365. The van der Waals surface area contributed by atoms with Crippen molar-refractivity contribution in [2.24, 2.45) is 22.7 Å². The molecule has 0 N–H and O–H groups in total. The van der Waals surface area contributed by atoms with E-state index in [2.05, 4.69) is 41.5 Å². The Morgan fingerprint density at radius 1 is 0.720 bits per heavy atom. The van der Waals surface area contributed by atoms with Crippen LogP contribution in [-0.4, -0.2) is 38.4 Å². The Balaban J connectivity index is 4.73. The van der Waals surface area contributed by atoms with Gasteiger partial charge in [-0.2, -0.15) is 0 Å². The van der Waals surface area contributed by atoms with Gasteiger partial charge in [0.25, 0.3) is 0 Å². The Hall–Kier alpha value is -1.10. The molecule has 2 unspecified atom stereocenters. The van der Waals surface area contributed by atoms with Gasteiger partial charge in [0.1, 0.15) is 0 Å². The van der Waals surface area contributed by atoms with E-state index in [4.69, 9.17) is 14.2 Å². The minimum absolute atomic E-state index is 0.0644. The monoisotopic (exact) mass is 358 g/mol. The molecule has 0 saturated heterocycles. The molecule has 148 valence electrons. The summed E-state index contributed by atoms with van der Waals surface area (Å²) < 4.78 is 16.1. The molecule has 0 heterocycles. The molecular weight excluding hydrogens is 320 g/mol. The second-order valence-electron chi connectivity index (χ2n) is 8.68. The van der Waals surface area contributed by atoms with Gasteiger partial charge in [-0.3, -0.25) is 9.59 Å². The summed E-state index contributed by atoms with van der Waals surface area (Å²) >= 11 is 0. The second-order valence-corrected chi connectivity index (χ2v) is 8.68. The highest BCUT2D eigenvalue weighted by molar-refractivity contribution is 5.70. The zero-order valence-electron chi connectivity index (χ0n) is 17.4. The van der Waals surface area contributed by atoms with Crippen molar-refractivity contribution in [3.05, 3.63) is 0 Å². The number of hydrogen-bond donors (Lipinski definition) is 0. The third-order valence-electron chi connectivity index (χ3n) is 4.52. The van der Waals surface area contributed by atoms with E-state index in [-0.39, 0.29) is 34.6 Å². The Morgan fingerprint density at radius 2 is 1.04 bits per heavy atom. The van der Waals surface area contributed by atoms with Crippen LogP contribution in [0.25, 0.3) is 0 Å². The Morgan fingerprint density at radius 3 is 1.28 bits per heavy atom. The van der Waals surface area contributed by atoms with Crippen molar-refractivity contribution in [3.8, 4) is 0 Å². The normalized spacial score (nSPS) is 14.7. The van der Waals surface area contributed by atoms with E-state index >= 15 is 0 Å². The maximum Gasteiger partial charge on any atom is 0.306 e. The molecule has 0 aromatic carbocycles. The third-order valence-corrected chi connectivity index (χ3v) is 4.52. The van der Waals surface area contributed by atoms with E-state index in [1.54, 1.807) is 0 Å².